The van der Waals surface area contributed by atoms with Crippen molar-refractivity contribution in [3.05, 3.63) is 89.4 Å². The van der Waals surface area contributed by atoms with Crippen LogP contribution in [0, 0.1) is 0 Å². The first kappa shape index (κ1) is 19.9. The maximum absolute atomic E-state index is 12.0. The van der Waals surface area contributed by atoms with E-state index in [0.29, 0.717) is 10.8 Å². The molecule has 5 heteroatoms. The molecule has 0 aliphatic rings. The molecule has 1 unspecified atom stereocenters. The van der Waals surface area contributed by atoms with Crippen LogP contribution in [-0.2, 0) is 10.4 Å². The standard InChI is InChI=1S/C23H22ClNO3/c1-23(27,16-25-22(26)15-28-21-13-11-20(24)12-14-21)19-9-7-18(8-10-19)17-5-3-2-4-6-17/h2-14,27H,15-16H2,1H3,(H,25,26). The number of aliphatic hydroxyl groups is 1. The van der Waals surface area contributed by atoms with Crippen molar-refractivity contribution < 1.29 is 14.6 Å². The van der Waals surface area contributed by atoms with E-state index in [1.165, 1.54) is 0 Å². The number of ether oxygens (including phenoxy) is 1. The highest BCUT2D eigenvalue weighted by atomic mass is 35.5. The van der Waals surface area contributed by atoms with Crippen molar-refractivity contribution in [1.29, 1.82) is 0 Å². The normalized spacial score (nSPS) is 12.8. The lowest BCUT2D eigenvalue weighted by atomic mass is 9.93. The Morgan fingerprint density at radius 1 is 0.964 bits per heavy atom. The summed E-state index contributed by atoms with van der Waals surface area (Å²) in [5.41, 5.74) is 1.72. The quantitative estimate of drug-likeness (QED) is 0.623. The fourth-order valence-corrected chi connectivity index (χ4v) is 2.88. The summed E-state index contributed by atoms with van der Waals surface area (Å²) < 4.78 is 5.41. The third kappa shape index (κ3) is 5.35. The zero-order valence-electron chi connectivity index (χ0n) is 15.6. The molecule has 4 nitrogen and oxygen atoms in total. The first-order chi connectivity index (χ1) is 13.4. The van der Waals surface area contributed by atoms with Gasteiger partial charge in [-0.1, -0.05) is 66.2 Å². The lowest BCUT2D eigenvalue weighted by Gasteiger charge is -2.24. The van der Waals surface area contributed by atoms with E-state index in [9.17, 15) is 9.90 Å². The van der Waals surface area contributed by atoms with Crippen molar-refractivity contribution in [2.24, 2.45) is 0 Å². The molecule has 144 valence electrons. The summed E-state index contributed by atoms with van der Waals surface area (Å²) >= 11 is 5.81. The SMILES string of the molecule is CC(O)(CNC(=O)COc1ccc(Cl)cc1)c1ccc(-c2ccccc2)cc1. The molecular formula is C23H22ClNO3. The van der Waals surface area contributed by atoms with Crippen LogP contribution in [-0.4, -0.2) is 24.2 Å². The van der Waals surface area contributed by atoms with Crippen LogP contribution in [0.3, 0.4) is 0 Å². The van der Waals surface area contributed by atoms with Crippen LogP contribution >= 0.6 is 11.6 Å². The highest BCUT2D eigenvalue weighted by Crippen LogP contribution is 2.24. The van der Waals surface area contributed by atoms with Gasteiger partial charge in [-0.2, -0.15) is 0 Å². The highest BCUT2D eigenvalue weighted by Gasteiger charge is 2.24. The van der Waals surface area contributed by atoms with Gasteiger partial charge >= 0.3 is 0 Å². The Bertz CT molecular complexity index is 907. The van der Waals surface area contributed by atoms with Crippen molar-refractivity contribution in [3.63, 3.8) is 0 Å². The number of hydrogen-bond acceptors (Lipinski definition) is 3. The Kier molecular flexibility index (Phi) is 6.34. The van der Waals surface area contributed by atoms with Gasteiger partial charge in [0.15, 0.2) is 6.61 Å². The van der Waals surface area contributed by atoms with Gasteiger partial charge in [0.05, 0.1) is 6.54 Å². The van der Waals surface area contributed by atoms with Gasteiger partial charge in [-0.25, -0.2) is 0 Å². The highest BCUT2D eigenvalue weighted by molar-refractivity contribution is 6.30. The third-order valence-electron chi connectivity index (χ3n) is 4.43. The minimum Gasteiger partial charge on any atom is -0.484 e. The van der Waals surface area contributed by atoms with Gasteiger partial charge in [0.1, 0.15) is 11.4 Å². The number of carbonyl (C=O) groups is 1. The fourth-order valence-electron chi connectivity index (χ4n) is 2.76. The smallest absolute Gasteiger partial charge is 0.258 e. The number of rotatable bonds is 7. The maximum atomic E-state index is 12.0. The molecule has 0 heterocycles. The van der Waals surface area contributed by atoms with Crippen molar-refractivity contribution in [2.45, 2.75) is 12.5 Å². The Balaban J connectivity index is 1.54. The van der Waals surface area contributed by atoms with Crippen LogP contribution in [0.2, 0.25) is 5.02 Å². The molecule has 0 spiro atoms. The third-order valence-corrected chi connectivity index (χ3v) is 4.68. The first-order valence-corrected chi connectivity index (χ1v) is 9.35. The Morgan fingerprint density at radius 3 is 2.21 bits per heavy atom. The summed E-state index contributed by atoms with van der Waals surface area (Å²) in [6, 6.07) is 24.5. The van der Waals surface area contributed by atoms with Gasteiger partial charge in [0.25, 0.3) is 5.91 Å². The van der Waals surface area contributed by atoms with Crippen LogP contribution in [0.5, 0.6) is 5.75 Å². The number of hydrogen-bond donors (Lipinski definition) is 2. The lowest BCUT2D eigenvalue weighted by molar-refractivity contribution is -0.124. The van der Waals surface area contributed by atoms with E-state index in [0.717, 1.165) is 16.7 Å². The largest absolute Gasteiger partial charge is 0.484 e. The molecule has 0 fully saturated rings. The molecular weight excluding hydrogens is 374 g/mol. The molecule has 0 bridgehead atoms. The topological polar surface area (TPSA) is 58.6 Å². The van der Waals surface area contributed by atoms with E-state index in [2.05, 4.69) is 5.32 Å². The van der Waals surface area contributed by atoms with Gasteiger partial charge in [0.2, 0.25) is 0 Å². The molecule has 0 aliphatic heterocycles. The van der Waals surface area contributed by atoms with Crippen molar-refractivity contribution in [2.75, 3.05) is 13.2 Å². The Morgan fingerprint density at radius 2 is 1.57 bits per heavy atom. The summed E-state index contributed by atoms with van der Waals surface area (Å²) in [4.78, 5) is 12.0. The second kappa shape index (κ2) is 8.91. The second-order valence-corrected chi connectivity index (χ2v) is 7.17. The number of amides is 1. The summed E-state index contributed by atoms with van der Waals surface area (Å²) in [7, 11) is 0. The van der Waals surface area contributed by atoms with Gasteiger partial charge in [0, 0.05) is 5.02 Å². The van der Waals surface area contributed by atoms with E-state index >= 15 is 0 Å². The molecule has 3 rings (SSSR count). The molecule has 28 heavy (non-hydrogen) atoms. The van der Waals surface area contributed by atoms with Gasteiger partial charge in [-0.15, -0.1) is 0 Å². The van der Waals surface area contributed by atoms with Gasteiger partial charge in [-0.05, 0) is 47.9 Å². The number of halogens is 1. The Hall–Kier alpha value is -2.82. The zero-order valence-corrected chi connectivity index (χ0v) is 16.3. The van der Waals surface area contributed by atoms with E-state index in [1.54, 1.807) is 31.2 Å². The number of carbonyl (C=O) groups excluding carboxylic acids is 1. The first-order valence-electron chi connectivity index (χ1n) is 8.97. The minimum atomic E-state index is -1.19. The molecule has 0 radical (unpaired) electrons. The van der Waals surface area contributed by atoms with Gasteiger partial charge < -0.3 is 15.2 Å². The average Bonchev–Trinajstić information content (AvgIpc) is 2.73. The van der Waals surface area contributed by atoms with Crippen LogP contribution < -0.4 is 10.1 Å². The van der Waals surface area contributed by atoms with E-state index < -0.39 is 5.60 Å². The summed E-state index contributed by atoms with van der Waals surface area (Å²) in [6.45, 7) is 1.62. The molecule has 1 atom stereocenters. The monoisotopic (exact) mass is 395 g/mol. The molecule has 0 aliphatic carbocycles. The molecule has 3 aromatic carbocycles. The fraction of sp³-hybridized carbons (Fsp3) is 0.174. The van der Waals surface area contributed by atoms with Crippen molar-refractivity contribution >= 4 is 17.5 Å². The summed E-state index contributed by atoms with van der Waals surface area (Å²) in [5, 5.41) is 14.1. The van der Waals surface area contributed by atoms with E-state index in [-0.39, 0.29) is 19.1 Å². The summed E-state index contributed by atoms with van der Waals surface area (Å²) in [5.74, 6) is 0.249. The van der Waals surface area contributed by atoms with Gasteiger partial charge in [-0.3, -0.25) is 4.79 Å². The number of nitrogens with one attached hydrogen (secondary N) is 1. The zero-order chi connectivity index (χ0) is 20.0. The van der Waals surface area contributed by atoms with Crippen LogP contribution in [0.1, 0.15) is 12.5 Å². The van der Waals surface area contributed by atoms with E-state index in [4.69, 9.17) is 16.3 Å². The maximum Gasteiger partial charge on any atom is 0.258 e. The molecule has 1 amide bonds. The van der Waals surface area contributed by atoms with Crippen molar-refractivity contribution in [3.8, 4) is 16.9 Å². The predicted molar refractivity (Wildman–Crippen MR) is 111 cm³/mol. The molecule has 0 saturated carbocycles. The molecule has 0 aromatic heterocycles. The second-order valence-electron chi connectivity index (χ2n) is 6.74. The molecule has 2 N–H and O–H groups in total. The van der Waals surface area contributed by atoms with Crippen LogP contribution in [0.25, 0.3) is 11.1 Å². The van der Waals surface area contributed by atoms with Crippen LogP contribution in [0.15, 0.2) is 78.9 Å². The minimum absolute atomic E-state index is 0.0838. The van der Waals surface area contributed by atoms with Crippen LogP contribution in [0.4, 0.5) is 0 Å². The van der Waals surface area contributed by atoms with Crippen molar-refractivity contribution in [1.82, 2.24) is 5.32 Å². The van der Waals surface area contributed by atoms with E-state index in [1.807, 2.05) is 54.6 Å². The predicted octanol–water partition coefficient (Wildman–Crippen LogP) is 4.41. The average molecular weight is 396 g/mol. The molecule has 0 saturated heterocycles. The molecule has 3 aromatic rings. The lowest BCUT2D eigenvalue weighted by Crippen LogP contribution is -2.40. The summed E-state index contributed by atoms with van der Waals surface area (Å²) in [6.07, 6.45) is 0. The number of benzene rings is 3. The Labute approximate surface area is 169 Å².